The zero-order chi connectivity index (χ0) is 38.9. The maximum Gasteiger partial charge on any atom is 0.227 e. The Hall–Kier alpha value is -7.67. The lowest BCUT2D eigenvalue weighted by molar-refractivity contribution is 0.623. The van der Waals surface area contributed by atoms with Crippen molar-refractivity contribution in [3.8, 4) is 11.5 Å². The fourth-order valence-electron chi connectivity index (χ4n) is 8.59. The number of para-hydroxylation sites is 3. The minimum atomic E-state index is 0.590. The zero-order valence-corrected chi connectivity index (χ0v) is 32.4. The highest BCUT2D eigenvalue weighted by atomic mass is 32.1. The molecule has 0 saturated heterocycles. The van der Waals surface area contributed by atoms with Crippen LogP contribution in [0.4, 0.5) is 34.1 Å². The van der Waals surface area contributed by atoms with Gasteiger partial charge < -0.3 is 18.6 Å². The summed E-state index contributed by atoms with van der Waals surface area (Å²) < 4.78 is 15.6. The molecule has 0 unspecified atom stereocenters. The number of thiophene rings is 1. The molecule has 0 aliphatic carbocycles. The van der Waals surface area contributed by atoms with E-state index in [0.717, 1.165) is 83.5 Å². The van der Waals surface area contributed by atoms with Gasteiger partial charge in [0.2, 0.25) is 5.89 Å². The van der Waals surface area contributed by atoms with Gasteiger partial charge in [-0.1, -0.05) is 109 Å². The van der Waals surface area contributed by atoms with Crippen molar-refractivity contribution >= 4 is 109 Å². The highest BCUT2D eigenvalue weighted by Gasteiger charge is 2.26. The second kappa shape index (κ2) is 13.5. The lowest BCUT2D eigenvalue weighted by Gasteiger charge is -2.31. The minimum Gasteiger partial charge on any atom is -0.456 e. The minimum absolute atomic E-state index is 0.590. The molecule has 0 saturated carbocycles. The third kappa shape index (κ3) is 5.49. The normalized spacial score (nSPS) is 11.7. The summed E-state index contributed by atoms with van der Waals surface area (Å²) in [6.45, 7) is 0. The van der Waals surface area contributed by atoms with Crippen LogP contribution in [0.25, 0.3) is 75.4 Å². The first-order chi connectivity index (χ1) is 29.2. The molecule has 12 aromatic rings. The van der Waals surface area contributed by atoms with Crippen LogP contribution in [0.15, 0.2) is 209 Å². The molecular formula is C53H33N3O2S. The number of aromatic nitrogens is 1. The van der Waals surface area contributed by atoms with E-state index in [0.29, 0.717) is 5.89 Å². The molecule has 0 aliphatic rings. The molecule has 0 atom stereocenters. The first kappa shape index (κ1) is 33.5. The van der Waals surface area contributed by atoms with Crippen LogP contribution in [0.5, 0.6) is 0 Å². The van der Waals surface area contributed by atoms with Gasteiger partial charge in [-0.2, -0.15) is 0 Å². The largest absolute Gasteiger partial charge is 0.456 e. The van der Waals surface area contributed by atoms with Gasteiger partial charge in [-0.25, -0.2) is 4.98 Å². The van der Waals surface area contributed by atoms with Crippen LogP contribution in [-0.4, -0.2) is 4.98 Å². The van der Waals surface area contributed by atoms with Crippen molar-refractivity contribution in [2.45, 2.75) is 0 Å². The van der Waals surface area contributed by atoms with Crippen LogP contribution in [0.3, 0.4) is 0 Å². The average molecular weight is 776 g/mol. The van der Waals surface area contributed by atoms with Crippen molar-refractivity contribution in [3.63, 3.8) is 0 Å². The smallest absolute Gasteiger partial charge is 0.227 e. The third-order valence-electron chi connectivity index (χ3n) is 11.2. The van der Waals surface area contributed by atoms with Crippen molar-refractivity contribution in [2.24, 2.45) is 0 Å². The molecule has 0 N–H and O–H groups in total. The van der Waals surface area contributed by atoms with Crippen LogP contribution in [0.2, 0.25) is 0 Å². The molecule has 9 aromatic carbocycles. The summed E-state index contributed by atoms with van der Waals surface area (Å²) >= 11 is 1.83. The molecule has 0 radical (unpaired) electrons. The van der Waals surface area contributed by atoms with Crippen molar-refractivity contribution in [1.82, 2.24) is 4.98 Å². The number of nitrogens with zero attached hydrogens (tertiary/aromatic N) is 3. The summed E-state index contributed by atoms with van der Waals surface area (Å²) in [6.07, 6.45) is 0. The molecule has 0 amide bonds. The Morgan fingerprint density at radius 1 is 0.424 bits per heavy atom. The van der Waals surface area contributed by atoms with Gasteiger partial charge in [-0.3, -0.25) is 0 Å². The van der Waals surface area contributed by atoms with Crippen LogP contribution in [-0.2, 0) is 0 Å². The lowest BCUT2D eigenvalue weighted by Crippen LogP contribution is -2.14. The predicted octanol–water partition coefficient (Wildman–Crippen LogP) is 15.9. The van der Waals surface area contributed by atoms with Gasteiger partial charge in [0.25, 0.3) is 0 Å². The van der Waals surface area contributed by atoms with Crippen LogP contribution in [0.1, 0.15) is 0 Å². The number of benzene rings is 9. The summed E-state index contributed by atoms with van der Waals surface area (Å²) in [4.78, 5) is 9.80. The molecule has 5 nitrogen and oxygen atoms in total. The van der Waals surface area contributed by atoms with Crippen LogP contribution in [0, 0.1) is 0 Å². The molecule has 0 bridgehead atoms. The van der Waals surface area contributed by atoms with Gasteiger partial charge in [0.15, 0.2) is 5.58 Å². The van der Waals surface area contributed by atoms with E-state index in [-0.39, 0.29) is 0 Å². The van der Waals surface area contributed by atoms with E-state index in [2.05, 4.69) is 168 Å². The van der Waals surface area contributed by atoms with Gasteiger partial charge in [0.1, 0.15) is 16.7 Å². The van der Waals surface area contributed by atoms with E-state index in [1.54, 1.807) is 0 Å². The molecular weight excluding hydrogens is 743 g/mol. The molecule has 12 rings (SSSR count). The molecule has 3 aromatic heterocycles. The summed E-state index contributed by atoms with van der Waals surface area (Å²) in [7, 11) is 0. The number of hydrogen-bond donors (Lipinski definition) is 0. The summed E-state index contributed by atoms with van der Waals surface area (Å²) in [5.41, 5.74) is 10.4. The highest BCUT2D eigenvalue weighted by Crippen LogP contribution is 2.50. The number of fused-ring (bicyclic) bond motifs is 9. The molecule has 278 valence electrons. The van der Waals surface area contributed by atoms with Crippen LogP contribution >= 0.6 is 11.3 Å². The maximum absolute atomic E-state index is 6.86. The SMILES string of the molecule is c1ccc(-c2nc3ccc4cc(N(c5ccccc5)c5ccc6oc7ccccc7c6c5)cc(N(c5ccccc5)c5cccc6c5sc5ccccc56)c4c3o2)cc1. The number of anilines is 6. The molecule has 0 fully saturated rings. The standard InChI is InChI=1S/C53H33N3O2S/c1-4-15-34(16-5-1)53-54-44-29-27-35-31-39(55(36-17-6-2-7-18-36)38-28-30-48-43(32-38)40-21-10-12-25-47(40)57-48)33-46(50(35)51(44)58-53)56(37-19-8-3-9-20-37)45-24-14-23-42-41-22-11-13-26-49(41)59-52(42)45/h1-33H. The summed E-state index contributed by atoms with van der Waals surface area (Å²) in [5, 5.41) is 6.65. The van der Waals surface area contributed by atoms with Crippen molar-refractivity contribution in [3.05, 3.63) is 200 Å². The van der Waals surface area contributed by atoms with E-state index in [1.807, 2.05) is 53.8 Å². The Morgan fingerprint density at radius 2 is 1.10 bits per heavy atom. The molecule has 3 heterocycles. The average Bonchev–Trinajstić information content (AvgIpc) is 4.02. The first-order valence-electron chi connectivity index (χ1n) is 19.7. The van der Waals surface area contributed by atoms with Gasteiger partial charge in [-0.05, 0) is 96.4 Å². The fraction of sp³-hybridized carbons (Fsp3) is 0. The third-order valence-corrected chi connectivity index (χ3v) is 12.4. The quantitative estimate of drug-likeness (QED) is 0.161. The van der Waals surface area contributed by atoms with Gasteiger partial charge in [0.05, 0.1) is 21.5 Å². The topological polar surface area (TPSA) is 45.7 Å². The second-order valence-corrected chi connectivity index (χ2v) is 15.8. The number of furan rings is 1. The van der Waals surface area contributed by atoms with E-state index in [4.69, 9.17) is 13.8 Å². The molecule has 6 heteroatoms. The van der Waals surface area contributed by atoms with Gasteiger partial charge >= 0.3 is 0 Å². The van der Waals surface area contributed by atoms with Gasteiger partial charge in [0, 0.05) is 54.6 Å². The van der Waals surface area contributed by atoms with Crippen molar-refractivity contribution < 1.29 is 8.83 Å². The molecule has 0 spiro atoms. The summed E-state index contributed by atoms with van der Waals surface area (Å²) in [6, 6.07) is 70.3. The van der Waals surface area contributed by atoms with E-state index in [1.165, 1.54) is 20.2 Å². The fourth-order valence-corrected chi connectivity index (χ4v) is 9.79. The highest BCUT2D eigenvalue weighted by molar-refractivity contribution is 7.26. The number of oxazole rings is 1. The first-order valence-corrected chi connectivity index (χ1v) is 20.5. The van der Waals surface area contributed by atoms with E-state index < -0.39 is 0 Å². The molecule has 59 heavy (non-hydrogen) atoms. The second-order valence-electron chi connectivity index (χ2n) is 14.7. The predicted molar refractivity (Wildman–Crippen MR) is 246 cm³/mol. The number of hydrogen-bond acceptors (Lipinski definition) is 6. The Balaban J connectivity index is 1.18. The Kier molecular flexibility index (Phi) is 7.64. The Bertz CT molecular complexity index is 3520. The van der Waals surface area contributed by atoms with E-state index >= 15 is 0 Å². The van der Waals surface area contributed by atoms with E-state index in [9.17, 15) is 0 Å². The summed E-state index contributed by atoms with van der Waals surface area (Å²) in [5.74, 6) is 0.590. The Morgan fingerprint density at radius 3 is 1.92 bits per heavy atom. The zero-order valence-electron chi connectivity index (χ0n) is 31.6. The Labute approximate surface area is 343 Å². The van der Waals surface area contributed by atoms with Gasteiger partial charge in [-0.15, -0.1) is 11.3 Å². The maximum atomic E-state index is 6.86. The lowest BCUT2D eigenvalue weighted by atomic mass is 10.0. The van der Waals surface area contributed by atoms with Crippen LogP contribution < -0.4 is 9.80 Å². The van der Waals surface area contributed by atoms with Crippen molar-refractivity contribution in [2.75, 3.05) is 9.80 Å². The monoisotopic (exact) mass is 775 g/mol. The number of rotatable bonds is 7. The van der Waals surface area contributed by atoms with Crippen molar-refractivity contribution in [1.29, 1.82) is 0 Å². The molecule has 0 aliphatic heterocycles.